The number of hydrogen-bond acceptors (Lipinski definition) is 2. The van der Waals surface area contributed by atoms with Crippen molar-refractivity contribution in [3.8, 4) is 11.5 Å². The van der Waals surface area contributed by atoms with Gasteiger partial charge in [0.1, 0.15) is 11.5 Å². The fourth-order valence-corrected chi connectivity index (χ4v) is 3.04. The minimum atomic E-state index is -0.0384. The van der Waals surface area contributed by atoms with E-state index >= 15 is 0 Å². The molecule has 1 aromatic rings. The highest BCUT2D eigenvalue weighted by molar-refractivity contribution is 6.30. The first-order chi connectivity index (χ1) is 8.90. The number of phenolic OH excluding ortho intramolecular Hbond substituents is 2. The molecule has 0 bridgehead atoms. The lowest BCUT2D eigenvalue weighted by molar-refractivity contribution is 0.407. The largest absolute Gasteiger partial charge is 0.507 e. The van der Waals surface area contributed by atoms with Gasteiger partial charge in [0.15, 0.2) is 0 Å². The van der Waals surface area contributed by atoms with Gasteiger partial charge in [0, 0.05) is 16.5 Å². The molecular formula is C16H19ClO2. The van der Waals surface area contributed by atoms with Gasteiger partial charge in [-0.2, -0.15) is 0 Å². The fraction of sp³-hybridized carbons (Fsp3) is 0.375. The van der Waals surface area contributed by atoms with Crippen LogP contribution in [0.4, 0.5) is 0 Å². The lowest BCUT2D eigenvalue weighted by Gasteiger charge is -2.31. The third kappa shape index (κ3) is 2.79. The molecule has 0 amide bonds. The van der Waals surface area contributed by atoms with Gasteiger partial charge in [0.05, 0.1) is 0 Å². The van der Waals surface area contributed by atoms with E-state index in [9.17, 15) is 10.2 Å². The first-order valence-corrected chi connectivity index (χ1v) is 6.82. The summed E-state index contributed by atoms with van der Waals surface area (Å²) in [4.78, 5) is 0. The van der Waals surface area contributed by atoms with Crippen molar-refractivity contribution in [2.24, 2.45) is 5.92 Å². The van der Waals surface area contributed by atoms with E-state index in [1.165, 1.54) is 17.7 Å². The van der Waals surface area contributed by atoms with E-state index in [1.54, 1.807) is 0 Å². The molecule has 1 aliphatic carbocycles. The second-order valence-corrected chi connectivity index (χ2v) is 5.82. The molecule has 0 heterocycles. The van der Waals surface area contributed by atoms with Crippen molar-refractivity contribution in [1.29, 1.82) is 0 Å². The number of halogens is 1. The summed E-state index contributed by atoms with van der Waals surface area (Å²) in [5.74, 6) is 0.296. The van der Waals surface area contributed by atoms with Gasteiger partial charge in [-0.25, -0.2) is 0 Å². The molecule has 0 aliphatic heterocycles. The Morgan fingerprint density at radius 2 is 1.89 bits per heavy atom. The van der Waals surface area contributed by atoms with Crippen molar-refractivity contribution in [1.82, 2.24) is 0 Å². The van der Waals surface area contributed by atoms with Crippen molar-refractivity contribution in [3.63, 3.8) is 0 Å². The molecule has 3 heteroatoms. The van der Waals surface area contributed by atoms with Gasteiger partial charge in [0.25, 0.3) is 0 Å². The lowest BCUT2D eigenvalue weighted by atomic mass is 9.74. The molecule has 2 unspecified atom stereocenters. The summed E-state index contributed by atoms with van der Waals surface area (Å²) in [6.07, 6.45) is 4.14. The van der Waals surface area contributed by atoms with Gasteiger partial charge >= 0.3 is 0 Å². The van der Waals surface area contributed by atoms with Crippen LogP contribution in [-0.2, 0) is 0 Å². The van der Waals surface area contributed by atoms with Crippen molar-refractivity contribution in [2.45, 2.75) is 32.6 Å². The number of allylic oxidation sites excluding steroid dienone is 3. The maximum atomic E-state index is 10.1. The van der Waals surface area contributed by atoms with Crippen LogP contribution >= 0.6 is 11.6 Å². The molecular weight excluding hydrogens is 260 g/mol. The number of rotatable bonds is 2. The Balaban J connectivity index is 2.54. The highest BCUT2D eigenvalue weighted by atomic mass is 35.5. The maximum Gasteiger partial charge on any atom is 0.124 e. The Bertz CT molecular complexity index is 523. The van der Waals surface area contributed by atoms with E-state index in [4.69, 9.17) is 11.6 Å². The monoisotopic (exact) mass is 278 g/mol. The second kappa shape index (κ2) is 5.30. The highest BCUT2D eigenvalue weighted by Gasteiger charge is 2.29. The van der Waals surface area contributed by atoms with Crippen molar-refractivity contribution in [2.75, 3.05) is 0 Å². The van der Waals surface area contributed by atoms with E-state index in [-0.39, 0.29) is 23.3 Å². The molecule has 2 rings (SSSR count). The van der Waals surface area contributed by atoms with Gasteiger partial charge in [-0.05, 0) is 44.7 Å². The number of hydrogen-bond donors (Lipinski definition) is 2. The summed E-state index contributed by atoms with van der Waals surface area (Å²) >= 11 is 5.84. The maximum absolute atomic E-state index is 10.1. The number of benzene rings is 1. The zero-order valence-corrected chi connectivity index (χ0v) is 12.0. The molecule has 102 valence electrons. The van der Waals surface area contributed by atoms with E-state index in [1.807, 2.05) is 6.92 Å². The Labute approximate surface area is 119 Å². The molecule has 0 radical (unpaired) electrons. The molecule has 1 aliphatic rings. The van der Waals surface area contributed by atoms with E-state index < -0.39 is 0 Å². The first kappa shape index (κ1) is 14.0. The zero-order chi connectivity index (χ0) is 14.2. The minimum absolute atomic E-state index is 0.0384. The van der Waals surface area contributed by atoms with Gasteiger partial charge in [0.2, 0.25) is 0 Å². The summed E-state index contributed by atoms with van der Waals surface area (Å²) < 4.78 is 0. The van der Waals surface area contributed by atoms with Crippen LogP contribution in [0, 0.1) is 5.92 Å². The van der Waals surface area contributed by atoms with Crippen LogP contribution in [0.2, 0.25) is 5.02 Å². The lowest BCUT2D eigenvalue weighted by Crippen LogP contribution is -2.17. The Hall–Kier alpha value is -1.41. The summed E-state index contributed by atoms with van der Waals surface area (Å²) in [5, 5.41) is 20.5. The van der Waals surface area contributed by atoms with Crippen molar-refractivity contribution >= 4 is 11.6 Å². The first-order valence-electron chi connectivity index (χ1n) is 6.44. The fourth-order valence-electron chi connectivity index (χ4n) is 2.84. The predicted molar refractivity (Wildman–Crippen MR) is 78.8 cm³/mol. The molecule has 0 fully saturated rings. The van der Waals surface area contributed by atoms with Crippen molar-refractivity contribution < 1.29 is 10.2 Å². The van der Waals surface area contributed by atoms with E-state index in [0.29, 0.717) is 10.6 Å². The molecule has 0 aromatic heterocycles. The standard InChI is InChI=1S/C16H19ClO2/c1-9(2)12-5-4-10(3)6-13(12)16-14(18)7-11(17)8-15(16)19/h6-8,12-13,18-19H,1,4-5H2,2-3H3. The normalized spacial score (nSPS) is 23.0. The van der Waals surface area contributed by atoms with Crippen LogP contribution in [0.1, 0.15) is 38.2 Å². The quantitative estimate of drug-likeness (QED) is 0.765. The Kier molecular flexibility index (Phi) is 3.91. The Morgan fingerprint density at radius 3 is 2.42 bits per heavy atom. The van der Waals surface area contributed by atoms with Crippen LogP contribution in [0.15, 0.2) is 35.9 Å². The summed E-state index contributed by atoms with van der Waals surface area (Å²) in [7, 11) is 0. The van der Waals surface area contributed by atoms with Gasteiger partial charge in [-0.1, -0.05) is 35.4 Å². The third-order valence-electron chi connectivity index (χ3n) is 3.81. The second-order valence-electron chi connectivity index (χ2n) is 5.39. The average Bonchev–Trinajstić information content (AvgIpc) is 2.27. The molecule has 1 aromatic carbocycles. The molecule has 0 saturated carbocycles. The third-order valence-corrected chi connectivity index (χ3v) is 4.03. The van der Waals surface area contributed by atoms with Crippen LogP contribution in [0.25, 0.3) is 0 Å². The minimum Gasteiger partial charge on any atom is -0.507 e. The van der Waals surface area contributed by atoms with Gasteiger partial charge in [-0.15, -0.1) is 0 Å². The SMILES string of the molecule is C=C(C)C1CCC(C)=CC1c1c(O)cc(Cl)cc1O. The van der Waals surface area contributed by atoms with Crippen LogP contribution in [0.5, 0.6) is 11.5 Å². The van der Waals surface area contributed by atoms with E-state index in [0.717, 1.165) is 18.4 Å². The molecule has 2 nitrogen and oxygen atoms in total. The molecule has 2 atom stereocenters. The molecule has 0 saturated heterocycles. The Morgan fingerprint density at radius 1 is 1.32 bits per heavy atom. The van der Waals surface area contributed by atoms with Crippen LogP contribution in [0.3, 0.4) is 0 Å². The van der Waals surface area contributed by atoms with Gasteiger partial charge in [-0.3, -0.25) is 0 Å². The predicted octanol–water partition coefficient (Wildman–Crippen LogP) is 4.77. The summed E-state index contributed by atoms with van der Waals surface area (Å²) in [6, 6.07) is 2.95. The summed E-state index contributed by atoms with van der Waals surface area (Å²) in [5.41, 5.74) is 2.90. The topological polar surface area (TPSA) is 40.5 Å². The van der Waals surface area contributed by atoms with Gasteiger partial charge < -0.3 is 10.2 Å². The smallest absolute Gasteiger partial charge is 0.124 e. The summed E-state index contributed by atoms with van der Waals surface area (Å²) in [6.45, 7) is 8.11. The average molecular weight is 279 g/mol. The van der Waals surface area contributed by atoms with Crippen LogP contribution < -0.4 is 0 Å². The number of phenols is 2. The van der Waals surface area contributed by atoms with Crippen LogP contribution in [-0.4, -0.2) is 10.2 Å². The van der Waals surface area contributed by atoms with E-state index in [2.05, 4.69) is 19.6 Å². The number of aromatic hydroxyl groups is 2. The van der Waals surface area contributed by atoms with Crippen molar-refractivity contribution in [3.05, 3.63) is 46.5 Å². The molecule has 19 heavy (non-hydrogen) atoms. The highest BCUT2D eigenvalue weighted by Crippen LogP contribution is 2.46. The zero-order valence-electron chi connectivity index (χ0n) is 11.3. The molecule has 0 spiro atoms. The molecule has 2 N–H and O–H groups in total.